The first kappa shape index (κ1) is 23.4. The van der Waals surface area contributed by atoms with Gasteiger partial charge in [0.1, 0.15) is 12.2 Å². The molecule has 180 valence electrons. The Morgan fingerprint density at radius 3 is 2.62 bits per heavy atom. The summed E-state index contributed by atoms with van der Waals surface area (Å²) in [5.41, 5.74) is 8.25. The minimum atomic E-state index is -4.43. The smallest absolute Gasteiger partial charge is 0.378 e. The number of halogens is 3. The van der Waals surface area contributed by atoms with Gasteiger partial charge in [0.15, 0.2) is 5.69 Å². The number of piperidine rings is 1. The molecular weight excluding hydrogens is 455 g/mol. The van der Waals surface area contributed by atoms with Crippen LogP contribution >= 0.6 is 0 Å². The fourth-order valence-electron chi connectivity index (χ4n) is 3.71. The maximum atomic E-state index is 12.8. The number of amides is 1. The number of nitrogens with two attached hydrogens (primary N) is 1. The zero-order chi connectivity index (χ0) is 24.3. The molecule has 0 spiro atoms. The van der Waals surface area contributed by atoms with Crippen LogP contribution in [0.5, 0.6) is 0 Å². The number of hydrogen-bond donors (Lipinski definition) is 3. The quantitative estimate of drug-likeness (QED) is 0.352. The van der Waals surface area contributed by atoms with E-state index in [9.17, 15) is 18.0 Å². The van der Waals surface area contributed by atoms with E-state index in [0.717, 1.165) is 38.1 Å². The zero-order valence-electron chi connectivity index (χ0n) is 18.2. The van der Waals surface area contributed by atoms with Crippen molar-refractivity contribution in [1.29, 1.82) is 0 Å². The summed E-state index contributed by atoms with van der Waals surface area (Å²) in [4.78, 5) is 14.1. The van der Waals surface area contributed by atoms with Crippen molar-refractivity contribution in [3.63, 3.8) is 0 Å². The number of hydrazone groups is 1. The normalized spacial score (nSPS) is 18.9. The van der Waals surface area contributed by atoms with Crippen molar-refractivity contribution < 1.29 is 27.5 Å². The number of nitrogen functional groups attached to an aromatic ring is 1. The van der Waals surface area contributed by atoms with Crippen molar-refractivity contribution in [2.75, 3.05) is 18.8 Å². The summed E-state index contributed by atoms with van der Waals surface area (Å²) in [6, 6.07) is 4.37. The Labute approximate surface area is 191 Å². The highest BCUT2D eigenvalue weighted by atomic mass is 19.4. The Kier molecular flexibility index (Phi) is 6.58. The minimum absolute atomic E-state index is 0.000647. The average Bonchev–Trinajstić information content (AvgIpc) is 3.40. The van der Waals surface area contributed by atoms with E-state index in [0.29, 0.717) is 23.7 Å². The number of anilines is 1. The summed E-state index contributed by atoms with van der Waals surface area (Å²) in [6.07, 6.45) is -1.07. The van der Waals surface area contributed by atoms with Gasteiger partial charge in [-0.3, -0.25) is 4.79 Å². The molecule has 0 radical (unpaired) electrons. The third-order valence-electron chi connectivity index (χ3n) is 5.69. The number of aromatic nitrogens is 5. The van der Waals surface area contributed by atoms with Crippen molar-refractivity contribution in [1.82, 2.24) is 30.7 Å². The summed E-state index contributed by atoms with van der Waals surface area (Å²) >= 11 is 0. The molecule has 1 aliphatic rings. The number of nitrogens with zero attached hydrogens (tertiary/aromatic N) is 6. The van der Waals surface area contributed by atoms with Gasteiger partial charge in [-0.15, -0.1) is 5.10 Å². The molecule has 1 aliphatic heterocycles. The van der Waals surface area contributed by atoms with Crippen molar-refractivity contribution in [2.24, 2.45) is 11.0 Å². The number of likely N-dealkylation sites (tertiary alicyclic amines) is 1. The Hall–Kier alpha value is -3.81. The lowest BCUT2D eigenvalue weighted by Gasteiger charge is -2.27. The highest BCUT2D eigenvalue weighted by Gasteiger charge is 2.30. The Bertz CT molecular complexity index is 1160. The molecule has 0 saturated carbocycles. The third-order valence-corrected chi connectivity index (χ3v) is 5.69. The van der Waals surface area contributed by atoms with E-state index < -0.39 is 17.6 Å². The van der Waals surface area contributed by atoms with Gasteiger partial charge in [-0.2, -0.15) is 23.0 Å². The van der Waals surface area contributed by atoms with Crippen LogP contribution < -0.4 is 16.1 Å². The molecule has 4 N–H and O–H groups in total. The topological polar surface area (TPSA) is 142 Å². The maximum Gasteiger partial charge on any atom is 0.416 e. The number of carbonyl (C=O) groups is 1. The third kappa shape index (κ3) is 5.22. The summed E-state index contributed by atoms with van der Waals surface area (Å²) < 4.78 is 44.1. The largest absolute Gasteiger partial charge is 0.416 e. The van der Waals surface area contributed by atoms with Crippen LogP contribution in [0.15, 0.2) is 34.0 Å². The predicted molar refractivity (Wildman–Crippen MR) is 113 cm³/mol. The van der Waals surface area contributed by atoms with Crippen LogP contribution in [0.25, 0.3) is 5.82 Å². The van der Waals surface area contributed by atoms with E-state index in [1.165, 1.54) is 27.9 Å². The monoisotopic (exact) mass is 478 g/mol. The van der Waals surface area contributed by atoms with E-state index in [1.807, 2.05) is 0 Å². The number of carbonyl (C=O) groups excluding carboxylic acids is 1. The number of hydrogen-bond acceptors (Lipinski definition) is 8. The molecule has 3 aromatic rings. The summed E-state index contributed by atoms with van der Waals surface area (Å²) in [5, 5.41) is 19.1. The summed E-state index contributed by atoms with van der Waals surface area (Å²) in [6.45, 7) is 4.49. The Morgan fingerprint density at radius 1 is 1.29 bits per heavy atom. The van der Waals surface area contributed by atoms with Gasteiger partial charge in [0.05, 0.1) is 24.9 Å². The minimum Gasteiger partial charge on any atom is -0.378 e. The van der Waals surface area contributed by atoms with Crippen LogP contribution in [0.2, 0.25) is 0 Å². The summed E-state index contributed by atoms with van der Waals surface area (Å²) in [7, 11) is 0. The molecule has 0 atom stereocenters. The van der Waals surface area contributed by atoms with Gasteiger partial charge >= 0.3 is 6.18 Å². The van der Waals surface area contributed by atoms with E-state index in [2.05, 4.69) is 42.7 Å². The van der Waals surface area contributed by atoms with Crippen LogP contribution in [-0.2, 0) is 12.7 Å². The van der Waals surface area contributed by atoms with Crippen LogP contribution in [0.4, 0.5) is 19.0 Å². The molecule has 4 rings (SSSR count). The van der Waals surface area contributed by atoms with E-state index in [-0.39, 0.29) is 17.3 Å². The number of rotatable bonds is 6. The van der Waals surface area contributed by atoms with Crippen molar-refractivity contribution >= 4 is 17.9 Å². The number of nitrogens with one attached hydrogen (secondary N) is 2. The zero-order valence-corrected chi connectivity index (χ0v) is 18.2. The van der Waals surface area contributed by atoms with Gasteiger partial charge in [0.2, 0.25) is 11.6 Å². The number of alkyl halides is 3. The Morgan fingerprint density at radius 2 is 2.00 bits per heavy atom. The molecule has 1 aromatic carbocycles. The van der Waals surface area contributed by atoms with Crippen LogP contribution in [0.1, 0.15) is 47.1 Å². The molecular formula is C20H23F3N9O2+. The molecule has 11 nitrogen and oxygen atoms in total. The van der Waals surface area contributed by atoms with Crippen LogP contribution in [0.3, 0.4) is 0 Å². The maximum absolute atomic E-state index is 12.8. The van der Waals surface area contributed by atoms with Crippen molar-refractivity contribution in [2.45, 2.75) is 32.5 Å². The fraction of sp³-hybridized carbons (Fsp3) is 0.400. The van der Waals surface area contributed by atoms with Gasteiger partial charge in [0, 0.05) is 0 Å². The van der Waals surface area contributed by atoms with Crippen LogP contribution in [0, 0.1) is 5.92 Å². The second kappa shape index (κ2) is 9.59. The van der Waals surface area contributed by atoms with Gasteiger partial charge in [-0.1, -0.05) is 24.3 Å². The van der Waals surface area contributed by atoms with Crippen molar-refractivity contribution in [3.8, 4) is 5.82 Å². The highest BCUT2D eigenvalue weighted by molar-refractivity contribution is 5.94. The summed E-state index contributed by atoms with van der Waals surface area (Å²) in [5.74, 6) is 0.133. The van der Waals surface area contributed by atoms with Gasteiger partial charge < -0.3 is 10.6 Å². The van der Waals surface area contributed by atoms with Gasteiger partial charge in [-0.25, -0.2) is 10.1 Å². The first-order valence-corrected chi connectivity index (χ1v) is 10.6. The SMILES string of the molecule is CC1CC[NH+](Cc2c(C(=O)NN=Cc3ccc(C(F)(F)F)cc3)nnn2-c2nonc2N)CC1. The van der Waals surface area contributed by atoms with Crippen molar-refractivity contribution in [3.05, 3.63) is 46.8 Å². The second-order valence-corrected chi connectivity index (χ2v) is 8.20. The fourth-order valence-corrected chi connectivity index (χ4v) is 3.71. The lowest BCUT2D eigenvalue weighted by Crippen LogP contribution is -3.11. The van der Waals surface area contributed by atoms with Crippen LogP contribution in [-0.4, -0.2) is 50.5 Å². The first-order chi connectivity index (χ1) is 16.2. The highest BCUT2D eigenvalue weighted by Crippen LogP contribution is 2.28. The van der Waals surface area contributed by atoms with E-state index in [1.54, 1.807) is 0 Å². The van der Waals surface area contributed by atoms with Gasteiger partial charge in [0.25, 0.3) is 5.91 Å². The van der Waals surface area contributed by atoms with Gasteiger partial charge in [-0.05, 0) is 46.8 Å². The molecule has 1 saturated heterocycles. The molecule has 0 unspecified atom stereocenters. The molecule has 1 amide bonds. The average molecular weight is 478 g/mol. The molecule has 0 bridgehead atoms. The number of benzene rings is 1. The van der Waals surface area contributed by atoms with E-state index in [4.69, 9.17) is 5.73 Å². The first-order valence-electron chi connectivity index (χ1n) is 10.6. The molecule has 3 heterocycles. The molecule has 34 heavy (non-hydrogen) atoms. The number of quaternary nitrogens is 1. The lowest BCUT2D eigenvalue weighted by molar-refractivity contribution is -0.920. The van der Waals surface area contributed by atoms with E-state index >= 15 is 0 Å². The molecule has 2 aromatic heterocycles. The standard InChI is InChI=1S/C20H22F3N9O2/c1-12-6-8-31(9-7-12)11-15-16(26-30-32(15)18-17(24)28-34-29-18)19(33)27-25-10-13-2-4-14(5-3-13)20(21,22)23/h2-5,10,12H,6-9,11H2,1H3,(H2,24,28)(H,27,33)/p+1. The Balaban J connectivity index is 1.52. The lowest BCUT2D eigenvalue weighted by atomic mass is 9.99. The second-order valence-electron chi connectivity index (χ2n) is 8.20. The molecule has 1 fully saturated rings. The molecule has 0 aliphatic carbocycles. The predicted octanol–water partition coefficient (Wildman–Crippen LogP) is 0.830. The molecule has 14 heteroatoms.